The third-order valence-electron chi connectivity index (χ3n) is 4.07. The van der Waals surface area contributed by atoms with E-state index in [0.717, 1.165) is 31.0 Å². The molecule has 1 fully saturated rings. The molecule has 0 aliphatic carbocycles. The summed E-state index contributed by atoms with van der Waals surface area (Å²) in [6.07, 6.45) is 1.76. The Bertz CT molecular complexity index is 927. The molecular weight excluding hydrogens is 404 g/mol. The number of hydrogen-bond donors (Lipinski definition) is 1. The van der Waals surface area contributed by atoms with E-state index in [1.165, 1.54) is 6.07 Å². The molecule has 0 bridgehead atoms. The zero-order valence-electron chi connectivity index (χ0n) is 15.1. The summed E-state index contributed by atoms with van der Waals surface area (Å²) >= 11 is 5.58. The van der Waals surface area contributed by atoms with Gasteiger partial charge >= 0.3 is 0 Å². The molecular formula is C18H17ClN4O6. The number of carbonyl (C=O) groups is 2. The highest BCUT2D eigenvalue weighted by Crippen LogP contribution is 2.24. The lowest BCUT2D eigenvalue weighted by atomic mass is 10.1. The van der Waals surface area contributed by atoms with Crippen LogP contribution in [0.2, 0.25) is 5.02 Å². The fraction of sp³-hybridized carbons (Fsp3) is 0.222. The van der Waals surface area contributed by atoms with Crippen molar-refractivity contribution in [2.45, 2.75) is 12.8 Å². The van der Waals surface area contributed by atoms with Crippen LogP contribution < -0.4 is 5.73 Å². The number of non-ortho nitro benzene ring substituents is 2. The number of likely N-dealkylation sites (tertiary alicyclic amines) is 1. The van der Waals surface area contributed by atoms with Crippen LogP contribution in [0.3, 0.4) is 0 Å². The van der Waals surface area contributed by atoms with Crippen molar-refractivity contribution in [1.29, 1.82) is 0 Å². The zero-order chi connectivity index (χ0) is 21.6. The molecule has 0 saturated carbocycles. The van der Waals surface area contributed by atoms with E-state index in [1.54, 1.807) is 23.1 Å². The van der Waals surface area contributed by atoms with Gasteiger partial charge in [-0.3, -0.25) is 29.8 Å². The van der Waals surface area contributed by atoms with Gasteiger partial charge < -0.3 is 10.6 Å². The molecule has 2 aromatic carbocycles. The first-order valence-corrected chi connectivity index (χ1v) is 8.85. The van der Waals surface area contributed by atoms with E-state index in [0.29, 0.717) is 23.7 Å². The molecule has 1 heterocycles. The summed E-state index contributed by atoms with van der Waals surface area (Å²) in [7, 11) is 0. The smallest absolute Gasteiger partial charge is 0.277 e. The molecule has 0 unspecified atom stereocenters. The molecule has 0 atom stereocenters. The second kappa shape index (κ2) is 9.60. The molecule has 1 aliphatic rings. The molecule has 1 saturated heterocycles. The number of nitro benzene ring substituents is 2. The summed E-state index contributed by atoms with van der Waals surface area (Å²) in [5, 5.41) is 22.0. The number of benzene rings is 2. The topological polar surface area (TPSA) is 150 Å². The standard InChI is InChI=1S/C11H11N3O5.C7H6ClNO/c15-11(12-3-1-2-4-12)8-5-9(13(16)17)7-10(6-8)14(18)19;8-6-3-1-2-5(4-6)7(9)10/h5-7H,1-4H2;1-4H,(H2,9,10). The Labute approximate surface area is 170 Å². The summed E-state index contributed by atoms with van der Waals surface area (Å²) in [6, 6.07) is 9.52. The van der Waals surface area contributed by atoms with Crippen molar-refractivity contribution in [1.82, 2.24) is 4.90 Å². The Morgan fingerprint density at radius 2 is 1.48 bits per heavy atom. The van der Waals surface area contributed by atoms with Crippen LogP contribution in [0.1, 0.15) is 33.6 Å². The molecule has 0 radical (unpaired) electrons. The van der Waals surface area contributed by atoms with E-state index in [-0.39, 0.29) is 5.56 Å². The monoisotopic (exact) mass is 420 g/mol. The molecule has 0 spiro atoms. The molecule has 1 aliphatic heterocycles. The minimum absolute atomic E-state index is 0.0113. The summed E-state index contributed by atoms with van der Waals surface area (Å²) < 4.78 is 0. The largest absolute Gasteiger partial charge is 0.366 e. The van der Waals surface area contributed by atoms with Gasteiger partial charge in [0.15, 0.2) is 0 Å². The predicted molar refractivity (Wildman–Crippen MR) is 105 cm³/mol. The van der Waals surface area contributed by atoms with Crippen LogP contribution in [0.15, 0.2) is 42.5 Å². The fourth-order valence-corrected chi connectivity index (χ4v) is 2.86. The van der Waals surface area contributed by atoms with Gasteiger partial charge in [-0.1, -0.05) is 17.7 Å². The zero-order valence-corrected chi connectivity index (χ0v) is 15.9. The van der Waals surface area contributed by atoms with E-state index in [1.807, 2.05) is 0 Å². The number of nitro groups is 2. The van der Waals surface area contributed by atoms with Crippen molar-refractivity contribution >= 4 is 34.8 Å². The Kier molecular flexibility index (Phi) is 7.21. The lowest BCUT2D eigenvalue weighted by Gasteiger charge is -2.14. The van der Waals surface area contributed by atoms with Crippen LogP contribution in [-0.4, -0.2) is 39.7 Å². The number of nitrogens with two attached hydrogens (primary N) is 1. The maximum absolute atomic E-state index is 12.1. The van der Waals surface area contributed by atoms with Gasteiger partial charge in [0.25, 0.3) is 17.3 Å². The second-order valence-corrected chi connectivity index (χ2v) is 6.56. The summed E-state index contributed by atoms with van der Waals surface area (Å²) in [4.78, 5) is 44.1. The van der Waals surface area contributed by atoms with Crippen LogP contribution in [0.25, 0.3) is 0 Å². The minimum Gasteiger partial charge on any atom is -0.366 e. The number of nitrogens with zero attached hydrogens (tertiary/aromatic N) is 3. The number of hydrogen-bond acceptors (Lipinski definition) is 6. The van der Waals surface area contributed by atoms with Gasteiger partial charge in [0.1, 0.15) is 0 Å². The fourth-order valence-electron chi connectivity index (χ4n) is 2.67. The van der Waals surface area contributed by atoms with Crippen LogP contribution in [-0.2, 0) is 0 Å². The molecule has 152 valence electrons. The third kappa shape index (κ3) is 5.98. The third-order valence-corrected chi connectivity index (χ3v) is 4.31. The van der Waals surface area contributed by atoms with E-state index >= 15 is 0 Å². The SMILES string of the molecule is NC(=O)c1cccc(Cl)c1.O=C(c1cc([N+](=O)[O-])cc([N+](=O)[O-])c1)N1CCCC1. The molecule has 11 heteroatoms. The molecule has 2 aromatic rings. The Morgan fingerprint density at radius 3 is 1.90 bits per heavy atom. The average Bonchev–Trinajstić information content (AvgIpc) is 3.22. The Morgan fingerprint density at radius 1 is 0.931 bits per heavy atom. The van der Waals surface area contributed by atoms with Gasteiger partial charge in [-0.15, -0.1) is 0 Å². The first-order chi connectivity index (χ1) is 13.7. The van der Waals surface area contributed by atoms with E-state index < -0.39 is 33.0 Å². The van der Waals surface area contributed by atoms with Crippen LogP contribution in [0.4, 0.5) is 11.4 Å². The molecule has 2 N–H and O–H groups in total. The molecule has 3 rings (SSSR count). The van der Waals surface area contributed by atoms with Gasteiger partial charge in [0, 0.05) is 35.8 Å². The van der Waals surface area contributed by atoms with Gasteiger partial charge in [0.05, 0.1) is 21.5 Å². The number of carbonyl (C=O) groups excluding carboxylic acids is 2. The van der Waals surface area contributed by atoms with Crippen LogP contribution >= 0.6 is 11.6 Å². The highest BCUT2D eigenvalue weighted by atomic mass is 35.5. The average molecular weight is 421 g/mol. The normalized spacial score (nSPS) is 12.7. The lowest BCUT2D eigenvalue weighted by Crippen LogP contribution is -2.27. The van der Waals surface area contributed by atoms with Crippen molar-refractivity contribution < 1.29 is 19.4 Å². The maximum atomic E-state index is 12.1. The number of primary amides is 1. The van der Waals surface area contributed by atoms with Gasteiger partial charge in [-0.2, -0.15) is 0 Å². The van der Waals surface area contributed by atoms with Crippen molar-refractivity contribution in [2.24, 2.45) is 5.73 Å². The minimum atomic E-state index is -0.742. The van der Waals surface area contributed by atoms with Crippen molar-refractivity contribution in [3.05, 3.63) is 78.8 Å². The van der Waals surface area contributed by atoms with Gasteiger partial charge in [-0.25, -0.2) is 0 Å². The van der Waals surface area contributed by atoms with E-state index in [4.69, 9.17) is 17.3 Å². The van der Waals surface area contributed by atoms with E-state index in [9.17, 15) is 29.8 Å². The van der Waals surface area contributed by atoms with E-state index in [2.05, 4.69) is 0 Å². The molecule has 10 nitrogen and oxygen atoms in total. The lowest BCUT2D eigenvalue weighted by molar-refractivity contribution is -0.394. The second-order valence-electron chi connectivity index (χ2n) is 6.13. The highest BCUT2D eigenvalue weighted by molar-refractivity contribution is 6.30. The predicted octanol–water partition coefficient (Wildman–Crippen LogP) is 3.18. The van der Waals surface area contributed by atoms with Crippen LogP contribution in [0.5, 0.6) is 0 Å². The highest BCUT2D eigenvalue weighted by Gasteiger charge is 2.24. The summed E-state index contributed by atoms with van der Waals surface area (Å²) in [5.41, 5.74) is 4.52. The van der Waals surface area contributed by atoms with Crippen molar-refractivity contribution in [3.63, 3.8) is 0 Å². The Balaban J connectivity index is 0.000000253. The number of rotatable bonds is 4. The first kappa shape index (κ1) is 21.8. The quantitative estimate of drug-likeness (QED) is 0.592. The van der Waals surface area contributed by atoms with Gasteiger partial charge in [0.2, 0.25) is 5.91 Å². The summed E-state index contributed by atoms with van der Waals surface area (Å²) in [5.74, 6) is -0.855. The number of halogens is 1. The van der Waals surface area contributed by atoms with Crippen molar-refractivity contribution in [3.8, 4) is 0 Å². The Hall–Kier alpha value is -3.53. The molecule has 29 heavy (non-hydrogen) atoms. The van der Waals surface area contributed by atoms with Gasteiger partial charge in [-0.05, 0) is 31.0 Å². The first-order valence-electron chi connectivity index (χ1n) is 8.47. The number of amides is 2. The van der Waals surface area contributed by atoms with Crippen LogP contribution in [0, 0.1) is 20.2 Å². The summed E-state index contributed by atoms with van der Waals surface area (Å²) in [6.45, 7) is 1.16. The maximum Gasteiger partial charge on any atom is 0.277 e. The molecule has 2 amide bonds. The molecule has 0 aromatic heterocycles. The van der Waals surface area contributed by atoms with Crippen molar-refractivity contribution in [2.75, 3.05) is 13.1 Å².